The van der Waals surface area contributed by atoms with E-state index in [1.54, 1.807) is 0 Å². The molecule has 1 unspecified atom stereocenters. The van der Waals surface area contributed by atoms with Gasteiger partial charge in [0.05, 0.1) is 6.10 Å². The number of hydrogen-bond acceptors (Lipinski definition) is 3. The molecule has 0 aliphatic heterocycles. The second-order valence-corrected chi connectivity index (χ2v) is 5.42. The Labute approximate surface area is 116 Å². The van der Waals surface area contributed by atoms with Crippen molar-refractivity contribution < 1.29 is 10.2 Å². The zero-order valence-corrected chi connectivity index (χ0v) is 12.3. The summed E-state index contributed by atoms with van der Waals surface area (Å²) in [5, 5.41) is 19.1. The van der Waals surface area contributed by atoms with Gasteiger partial charge < -0.3 is 15.1 Å². The van der Waals surface area contributed by atoms with Crippen molar-refractivity contribution >= 4 is 0 Å². The van der Waals surface area contributed by atoms with Crippen molar-refractivity contribution in [3.05, 3.63) is 35.4 Å². The van der Waals surface area contributed by atoms with Gasteiger partial charge in [-0.05, 0) is 39.2 Å². The highest BCUT2D eigenvalue weighted by Crippen LogP contribution is 2.18. The van der Waals surface area contributed by atoms with Crippen LogP contribution in [-0.2, 0) is 0 Å². The third-order valence-electron chi connectivity index (χ3n) is 3.49. The average molecular weight is 265 g/mol. The second-order valence-electron chi connectivity index (χ2n) is 5.42. The fourth-order valence-corrected chi connectivity index (χ4v) is 2.15. The average Bonchev–Trinajstić information content (AvgIpc) is 2.39. The van der Waals surface area contributed by atoms with Gasteiger partial charge in [0.25, 0.3) is 0 Å². The number of benzene rings is 1. The largest absolute Gasteiger partial charge is 0.396 e. The first-order chi connectivity index (χ1) is 9.04. The van der Waals surface area contributed by atoms with Gasteiger partial charge >= 0.3 is 0 Å². The van der Waals surface area contributed by atoms with Gasteiger partial charge in [-0.1, -0.05) is 29.8 Å². The van der Waals surface area contributed by atoms with Crippen LogP contribution >= 0.6 is 0 Å². The maximum Gasteiger partial charge on any atom is 0.0802 e. The lowest BCUT2D eigenvalue weighted by molar-refractivity contribution is 0.125. The molecule has 2 N–H and O–H groups in total. The van der Waals surface area contributed by atoms with Crippen LogP contribution in [0.25, 0.3) is 0 Å². The predicted octanol–water partition coefficient (Wildman–Crippen LogP) is 2.51. The van der Waals surface area contributed by atoms with Gasteiger partial charge in [-0.3, -0.25) is 0 Å². The van der Waals surface area contributed by atoms with E-state index in [-0.39, 0.29) is 6.61 Å². The molecule has 0 aliphatic rings. The Morgan fingerprint density at radius 1 is 1.11 bits per heavy atom. The lowest BCUT2D eigenvalue weighted by Gasteiger charge is -2.27. The zero-order valence-electron chi connectivity index (χ0n) is 12.3. The third-order valence-corrected chi connectivity index (χ3v) is 3.49. The van der Waals surface area contributed by atoms with Crippen LogP contribution in [-0.4, -0.2) is 40.9 Å². The van der Waals surface area contributed by atoms with Crippen LogP contribution in [0.3, 0.4) is 0 Å². The molecule has 0 saturated heterocycles. The molecule has 0 aromatic heterocycles. The Balaban J connectivity index is 2.46. The Kier molecular flexibility index (Phi) is 7.06. The van der Waals surface area contributed by atoms with Crippen LogP contribution in [0, 0.1) is 6.92 Å². The molecular weight excluding hydrogens is 238 g/mol. The molecule has 0 amide bonds. The zero-order chi connectivity index (χ0) is 14.3. The minimum Gasteiger partial charge on any atom is -0.396 e. The maximum atomic E-state index is 10.2. The van der Waals surface area contributed by atoms with E-state index in [2.05, 4.69) is 18.7 Å². The quantitative estimate of drug-likeness (QED) is 0.759. The molecule has 1 atom stereocenters. The molecule has 3 nitrogen and oxygen atoms in total. The molecule has 0 saturated carbocycles. The van der Waals surface area contributed by atoms with Crippen LogP contribution in [0.15, 0.2) is 24.3 Å². The monoisotopic (exact) mass is 265 g/mol. The van der Waals surface area contributed by atoms with Gasteiger partial charge in [-0.25, -0.2) is 0 Å². The SMILES string of the molecule is Cc1ccc(C(O)CCN(CCCO)C(C)C)cc1. The van der Waals surface area contributed by atoms with Crippen LogP contribution < -0.4 is 0 Å². The number of aryl methyl sites for hydroxylation is 1. The summed E-state index contributed by atoms with van der Waals surface area (Å²) in [6.07, 6.45) is 1.11. The maximum absolute atomic E-state index is 10.2. The lowest BCUT2D eigenvalue weighted by atomic mass is 10.0. The molecule has 0 bridgehead atoms. The van der Waals surface area contributed by atoms with Gasteiger partial charge in [0.1, 0.15) is 0 Å². The smallest absolute Gasteiger partial charge is 0.0802 e. The summed E-state index contributed by atoms with van der Waals surface area (Å²) in [5.41, 5.74) is 2.19. The second kappa shape index (κ2) is 8.31. The summed E-state index contributed by atoms with van der Waals surface area (Å²) in [4.78, 5) is 2.30. The molecule has 1 aromatic carbocycles. The Morgan fingerprint density at radius 2 is 1.74 bits per heavy atom. The van der Waals surface area contributed by atoms with E-state index in [1.165, 1.54) is 5.56 Å². The fraction of sp³-hybridized carbons (Fsp3) is 0.625. The van der Waals surface area contributed by atoms with Crippen molar-refractivity contribution in [3.8, 4) is 0 Å². The summed E-state index contributed by atoms with van der Waals surface area (Å²) in [7, 11) is 0. The molecule has 0 aliphatic carbocycles. The van der Waals surface area contributed by atoms with E-state index in [0.29, 0.717) is 6.04 Å². The molecule has 0 radical (unpaired) electrons. The number of rotatable bonds is 8. The van der Waals surface area contributed by atoms with Gasteiger partial charge in [0.2, 0.25) is 0 Å². The normalized spacial score (nSPS) is 13.2. The molecule has 0 heterocycles. The minimum absolute atomic E-state index is 0.226. The molecule has 3 heteroatoms. The van der Waals surface area contributed by atoms with Crippen LogP contribution in [0.5, 0.6) is 0 Å². The molecule has 0 fully saturated rings. The van der Waals surface area contributed by atoms with E-state index >= 15 is 0 Å². The topological polar surface area (TPSA) is 43.7 Å². The van der Waals surface area contributed by atoms with Crippen molar-refractivity contribution in [1.29, 1.82) is 0 Å². The summed E-state index contributed by atoms with van der Waals surface area (Å²) >= 11 is 0. The van der Waals surface area contributed by atoms with Crippen molar-refractivity contribution in [2.45, 2.75) is 45.8 Å². The van der Waals surface area contributed by atoms with Crippen molar-refractivity contribution in [3.63, 3.8) is 0 Å². The van der Waals surface area contributed by atoms with E-state index in [1.807, 2.05) is 31.2 Å². The van der Waals surface area contributed by atoms with Gasteiger partial charge in [-0.15, -0.1) is 0 Å². The lowest BCUT2D eigenvalue weighted by Crippen LogP contribution is -2.33. The number of aliphatic hydroxyl groups is 2. The summed E-state index contributed by atoms with van der Waals surface area (Å²) in [5.74, 6) is 0. The van der Waals surface area contributed by atoms with E-state index < -0.39 is 6.10 Å². The highest BCUT2D eigenvalue weighted by atomic mass is 16.3. The van der Waals surface area contributed by atoms with Crippen molar-refractivity contribution in [1.82, 2.24) is 4.90 Å². The summed E-state index contributed by atoms with van der Waals surface area (Å²) in [6.45, 7) is 8.31. The molecule has 1 rings (SSSR count). The molecule has 1 aromatic rings. The minimum atomic E-state index is -0.407. The highest BCUT2D eigenvalue weighted by Gasteiger charge is 2.13. The van der Waals surface area contributed by atoms with Crippen molar-refractivity contribution in [2.75, 3.05) is 19.7 Å². The molecule has 108 valence electrons. The van der Waals surface area contributed by atoms with Crippen LogP contribution in [0.1, 0.15) is 43.9 Å². The molecule has 0 spiro atoms. The first-order valence-corrected chi connectivity index (χ1v) is 7.14. The van der Waals surface area contributed by atoms with E-state index in [9.17, 15) is 5.11 Å². The van der Waals surface area contributed by atoms with Gasteiger partial charge in [0, 0.05) is 25.7 Å². The van der Waals surface area contributed by atoms with Crippen LogP contribution in [0.4, 0.5) is 0 Å². The van der Waals surface area contributed by atoms with Gasteiger partial charge in [-0.2, -0.15) is 0 Å². The fourth-order valence-electron chi connectivity index (χ4n) is 2.15. The first-order valence-electron chi connectivity index (χ1n) is 7.14. The first kappa shape index (κ1) is 16.2. The number of aliphatic hydroxyl groups excluding tert-OH is 2. The molecular formula is C16H27NO2. The predicted molar refractivity (Wildman–Crippen MR) is 79.2 cm³/mol. The number of nitrogens with zero attached hydrogens (tertiary/aromatic N) is 1. The van der Waals surface area contributed by atoms with Crippen molar-refractivity contribution in [2.24, 2.45) is 0 Å². The Hall–Kier alpha value is -0.900. The van der Waals surface area contributed by atoms with Crippen LogP contribution in [0.2, 0.25) is 0 Å². The summed E-state index contributed by atoms with van der Waals surface area (Å²) < 4.78 is 0. The standard InChI is InChI=1S/C16H27NO2/c1-13(2)17(10-4-12-18)11-9-16(19)15-7-5-14(3)6-8-15/h5-8,13,16,18-19H,4,9-12H2,1-3H3. The van der Waals surface area contributed by atoms with E-state index in [4.69, 9.17) is 5.11 Å². The van der Waals surface area contributed by atoms with Gasteiger partial charge in [0.15, 0.2) is 0 Å². The number of hydrogen-bond donors (Lipinski definition) is 2. The third kappa shape index (κ3) is 5.72. The summed E-state index contributed by atoms with van der Waals surface area (Å²) in [6, 6.07) is 8.49. The Morgan fingerprint density at radius 3 is 2.26 bits per heavy atom. The van der Waals surface area contributed by atoms with E-state index in [0.717, 1.165) is 31.5 Å². The Bertz CT molecular complexity index is 348. The molecule has 19 heavy (non-hydrogen) atoms. The highest BCUT2D eigenvalue weighted by molar-refractivity contribution is 5.22.